The summed E-state index contributed by atoms with van der Waals surface area (Å²) in [6, 6.07) is 8.43. The van der Waals surface area contributed by atoms with Crippen molar-refractivity contribution in [3.05, 3.63) is 58.3 Å². The number of rotatable bonds is 5. The number of pyridine rings is 1. The second-order valence-corrected chi connectivity index (χ2v) is 5.66. The van der Waals surface area contributed by atoms with E-state index < -0.39 is 0 Å². The van der Waals surface area contributed by atoms with Gasteiger partial charge in [-0.3, -0.25) is 14.6 Å². The fourth-order valence-electron chi connectivity index (χ4n) is 1.94. The molecule has 1 aromatic heterocycles. The standard InChI is InChI=1S/C16H15Cl2N3O2/c1-11(22)21(13-4-5-14(17)15(18)7-13)10-16(23)20-9-12-3-2-6-19-8-12/h2-8H,9-10H2,1H3,(H,20,23). The zero-order valence-corrected chi connectivity index (χ0v) is 13.9. The van der Waals surface area contributed by atoms with Gasteiger partial charge in [0.25, 0.3) is 0 Å². The Morgan fingerprint density at radius 2 is 2.00 bits per heavy atom. The van der Waals surface area contributed by atoms with Gasteiger partial charge in [0.1, 0.15) is 6.54 Å². The lowest BCUT2D eigenvalue weighted by Gasteiger charge is -2.21. The van der Waals surface area contributed by atoms with Gasteiger partial charge in [0, 0.05) is 31.5 Å². The highest BCUT2D eigenvalue weighted by Crippen LogP contribution is 2.27. The van der Waals surface area contributed by atoms with Crippen LogP contribution in [0.25, 0.3) is 0 Å². The summed E-state index contributed by atoms with van der Waals surface area (Å²) in [4.78, 5) is 29.2. The number of aromatic nitrogens is 1. The molecular weight excluding hydrogens is 337 g/mol. The lowest BCUT2D eigenvalue weighted by molar-refractivity contribution is -0.123. The molecule has 0 aliphatic heterocycles. The average Bonchev–Trinajstić information content (AvgIpc) is 2.54. The van der Waals surface area contributed by atoms with Crippen LogP contribution in [0.4, 0.5) is 5.69 Å². The molecule has 1 N–H and O–H groups in total. The highest BCUT2D eigenvalue weighted by atomic mass is 35.5. The van der Waals surface area contributed by atoms with E-state index >= 15 is 0 Å². The number of carbonyl (C=O) groups excluding carboxylic acids is 2. The number of carbonyl (C=O) groups is 2. The molecule has 0 saturated heterocycles. The van der Waals surface area contributed by atoms with Gasteiger partial charge in [0.05, 0.1) is 10.0 Å². The van der Waals surface area contributed by atoms with Gasteiger partial charge in [-0.1, -0.05) is 29.3 Å². The van der Waals surface area contributed by atoms with Crippen molar-refractivity contribution >= 4 is 40.7 Å². The molecule has 0 aliphatic carbocycles. The predicted octanol–water partition coefficient (Wildman–Crippen LogP) is 3.06. The van der Waals surface area contributed by atoms with Gasteiger partial charge < -0.3 is 10.2 Å². The number of nitrogens with zero attached hydrogens (tertiary/aromatic N) is 2. The van der Waals surface area contributed by atoms with Crippen molar-refractivity contribution in [2.75, 3.05) is 11.4 Å². The molecular formula is C16H15Cl2N3O2. The summed E-state index contributed by atoms with van der Waals surface area (Å²) >= 11 is 11.8. The molecule has 23 heavy (non-hydrogen) atoms. The molecule has 2 amide bonds. The Labute approximate surface area is 144 Å². The molecule has 0 bridgehead atoms. The number of amides is 2. The van der Waals surface area contributed by atoms with Crippen LogP contribution < -0.4 is 10.2 Å². The summed E-state index contributed by atoms with van der Waals surface area (Å²) in [6.45, 7) is 1.63. The van der Waals surface area contributed by atoms with Crippen molar-refractivity contribution in [2.45, 2.75) is 13.5 Å². The van der Waals surface area contributed by atoms with Crippen LogP contribution in [0.2, 0.25) is 10.0 Å². The molecule has 0 unspecified atom stereocenters. The molecule has 0 spiro atoms. The summed E-state index contributed by atoms with van der Waals surface area (Å²) in [5.41, 5.74) is 1.40. The minimum Gasteiger partial charge on any atom is -0.350 e. The van der Waals surface area contributed by atoms with E-state index in [0.29, 0.717) is 22.3 Å². The third-order valence-electron chi connectivity index (χ3n) is 3.11. The van der Waals surface area contributed by atoms with Gasteiger partial charge in [-0.2, -0.15) is 0 Å². The van der Waals surface area contributed by atoms with Crippen molar-refractivity contribution in [1.29, 1.82) is 0 Å². The lowest BCUT2D eigenvalue weighted by Crippen LogP contribution is -2.39. The Hall–Kier alpha value is -2.11. The van der Waals surface area contributed by atoms with Crippen molar-refractivity contribution < 1.29 is 9.59 Å². The van der Waals surface area contributed by atoms with Crippen LogP contribution in [-0.2, 0) is 16.1 Å². The van der Waals surface area contributed by atoms with Gasteiger partial charge in [0.2, 0.25) is 11.8 Å². The summed E-state index contributed by atoms with van der Waals surface area (Å²) in [7, 11) is 0. The van der Waals surface area contributed by atoms with Crippen LogP contribution in [0.5, 0.6) is 0 Å². The smallest absolute Gasteiger partial charge is 0.240 e. The predicted molar refractivity (Wildman–Crippen MR) is 90.6 cm³/mol. The van der Waals surface area contributed by atoms with E-state index in [1.165, 1.54) is 11.8 Å². The number of nitrogens with one attached hydrogen (secondary N) is 1. The van der Waals surface area contributed by atoms with Crippen LogP contribution in [0, 0.1) is 0 Å². The monoisotopic (exact) mass is 351 g/mol. The van der Waals surface area contributed by atoms with Gasteiger partial charge in [0.15, 0.2) is 0 Å². The number of benzene rings is 1. The molecule has 5 nitrogen and oxygen atoms in total. The number of halogens is 2. The van der Waals surface area contributed by atoms with E-state index in [1.54, 1.807) is 36.7 Å². The van der Waals surface area contributed by atoms with Crippen molar-refractivity contribution in [3.63, 3.8) is 0 Å². The summed E-state index contributed by atoms with van der Waals surface area (Å²) < 4.78 is 0. The Bertz CT molecular complexity index is 708. The third-order valence-corrected chi connectivity index (χ3v) is 3.85. The summed E-state index contributed by atoms with van der Waals surface area (Å²) in [6.07, 6.45) is 3.33. The molecule has 120 valence electrons. The van der Waals surface area contributed by atoms with Gasteiger partial charge in [-0.15, -0.1) is 0 Å². The van der Waals surface area contributed by atoms with Crippen LogP contribution in [-0.4, -0.2) is 23.3 Å². The van der Waals surface area contributed by atoms with Gasteiger partial charge in [-0.05, 0) is 29.8 Å². The molecule has 0 atom stereocenters. The number of anilines is 1. The Morgan fingerprint density at radius 3 is 2.61 bits per heavy atom. The van der Waals surface area contributed by atoms with E-state index in [-0.39, 0.29) is 18.4 Å². The number of hydrogen-bond acceptors (Lipinski definition) is 3. The molecule has 0 fully saturated rings. The normalized spacial score (nSPS) is 10.2. The minimum absolute atomic E-state index is 0.104. The van der Waals surface area contributed by atoms with Crippen LogP contribution in [0.15, 0.2) is 42.7 Å². The molecule has 0 radical (unpaired) electrons. The third kappa shape index (κ3) is 4.94. The van der Waals surface area contributed by atoms with Crippen molar-refractivity contribution in [1.82, 2.24) is 10.3 Å². The summed E-state index contributed by atoms with van der Waals surface area (Å²) in [5, 5.41) is 3.46. The fourth-order valence-corrected chi connectivity index (χ4v) is 2.23. The maximum Gasteiger partial charge on any atom is 0.240 e. The first-order valence-corrected chi connectivity index (χ1v) is 7.61. The zero-order chi connectivity index (χ0) is 16.8. The quantitative estimate of drug-likeness (QED) is 0.900. The Kier molecular flexibility index (Phi) is 5.96. The van der Waals surface area contributed by atoms with Crippen molar-refractivity contribution in [3.8, 4) is 0 Å². The van der Waals surface area contributed by atoms with Gasteiger partial charge >= 0.3 is 0 Å². The van der Waals surface area contributed by atoms with Crippen LogP contribution in [0.3, 0.4) is 0 Å². The average molecular weight is 352 g/mol. The highest BCUT2D eigenvalue weighted by Gasteiger charge is 2.16. The maximum absolute atomic E-state index is 12.1. The van der Waals surface area contributed by atoms with Crippen LogP contribution >= 0.6 is 23.2 Å². The molecule has 0 saturated carbocycles. The number of hydrogen-bond donors (Lipinski definition) is 1. The van der Waals surface area contributed by atoms with E-state index in [4.69, 9.17) is 23.2 Å². The topological polar surface area (TPSA) is 62.3 Å². The minimum atomic E-state index is -0.282. The van der Waals surface area contributed by atoms with E-state index in [2.05, 4.69) is 10.3 Å². The van der Waals surface area contributed by atoms with E-state index in [1.807, 2.05) is 6.07 Å². The lowest BCUT2D eigenvalue weighted by atomic mass is 10.2. The molecule has 0 aliphatic rings. The second kappa shape index (κ2) is 7.94. The maximum atomic E-state index is 12.1. The summed E-state index contributed by atoms with van der Waals surface area (Å²) in [5.74, 6) is -0.546. The second-order valence-electron chi connectivity index (χ2n) is 4.84. The van der Waals surface area contributed by atoms with E-state index in [9.17, 15) is 9.59 Å². The SMILES string of the molecule is CC(=O)N(CC(=O)NCc1cccnc1)c1ccc(Cl)c(Cl)c1. The molecule has 1 aromatic carbocycles. The molecule has 2 aromatic rings. The molecule has 1 heterocycles. The first-order valence-electron chi connectivity index (χ1n) is 6.86. The van der Waals surface area contributed by atoms with Crippen molar-refractivity contribution in [2.24, 2.45) is 0 Å². The van der Waals surface area contributed by atoms with Gasteiger partial charge in [-0.25, -0.2) is 0 Å². The molecule has 7 heteroatoms. The highest BCUT2D eigenvalue weighted by molar-refractivity contribution is 6.42. The van der Waals surface area contributed by atoms with E-state index in [0.717, 1.165) is 5.56 Å². The first kappa shape index (κ1) is 17.2. The largest absolute Gasteiger partial charge is 0.350 e. The van der Waals surface area contributed by atoms with Crippen LogP contribution in [0.1, 0.15) is 12.5 Å². The Balaban J connectivity index is 2.02. The fraction of sp³-hybridized carbons (Fsp3) is 0.188. The molecule has 2 rings (SSSR count). The first-order chi connectivity index (χ1) is 11.0. The Morgan fingerprint density at radius 1 is 1.22 bits per heavy atom. The zero-order valence-electron chi connectivity index (χ0n) is 12.4.